The highest BCUT2D eigenvalue weighted by atomic mass is 32.1. The smallest absolute Gasteiger partial charge is 0.277 e. The van der Waals surface area contributed by atoms with Crippen molar-refractivity contribution in [2.45, 2.75) is 32.6 Å². The van der Waals surface area contributed by atoms with Crippen LogP contribution in [-0.2, 0) is 12.8 Å². The van der Waals surface area contributed by atoms with Gasteiger partial charge in [0, 0.05) is 24.5 Å². The molecule has 1 aromatic heterocycles. The zero-order valence-corrected chi connectivity index (χ0v) is 14.0. The van der Waals surface area contributed by atoms with E-state index in [2.05, 4.69) is 24.0 Å². The zero-order chi connectivity index (χ0) is 15.9. The number of carbonyl (C=O) groups is 1. The number of hydrogen-bond acceptors (Lipinski definition) is 4. The molecule has 0 saturated heterocycles. The van der Waals surface area contributed by atoms with Crippen molar-refractivity contribution >= 4 is 22.9 Å². The van der Waals surface area contributed by atoms with E-state index in [0.717, 1.165) is 17.1 Å². The van der Waals surface area contributed by atoms with Crippen molar-refractivity contribution < 1.29 is 4.79 Å². The molecule has 2 rings (SSSR count). The molecule has 0 fully saturated rings. The number of amides is 1. The number of nitrogens with zero attached hydrogens (tertiary/aromatic N) is 2. The number of aryl methyl sites for hydroxylation is 1. The van der Waals surface area contributed by atoms with Gasteiger partial charge in [0.05, 0.1) is 5.01 Å². The number of anilines is 1. The summed E-state index contributed by atoms with van der Waals surface area (Å²) >= 11 is 1.49. The minimum absolute atomic E-state index is 0.0826. The van der Waals surface area contributed by atoms with Gasteiger partial charge < -0.3 is 10.6 Å². The Labute approximate surface area is 136 Å². The number of benzene rings is 1. The van der Waals surface area contributed by atoms with Crippen LogP contribution in [0.3, 0.4) is 0 Å². The van der Waals surface area contributed by atoms with E-state index in [4.69, 9.17) is 5.73 Å². The second-order valence-electron chi connectivity index (χ2n) is 5.30. The van der Waals surface area contributed by atoms with Crippen LogP contribution in [-0.4, -0.2) is 24.5 Å². The third kappa shape index (κ3) is 4.15. The van der Waals surface area contributed by atoms with E-state index in [1.165, 1.54) is 29.7 Å². The number of carbonyl (C=O) groups excluding carboxylic acids is 1. The van der Waals surface area contributed by atoms with Gasteiger partial charge in [-0.25, -0.2) is 4.98 Å². The highest BCUT2D eigenvalue weighted by Gasteiger charge is 2.16. The lowest BCUT2D eigenvalue weighted by Crippen LogP contribution is -2.26. The van der Waals surface area contributed by atoms with E-state index in [1.807, 2.05) is 12.1 Å². The van der Waals surface area contributed by atoms with Crippen molar-refractivity contribution in [3.05, 3.63) is 45.9 Å². The molecule has 0 spiro atoms. The van der Waals surface area contributed by atoms with Crippen LogP contribution in [0.2, 0.25) is 0 Å². The molecular weight excluding hydrogens is 294 g/mol. The Hall–Kier alpha value is -1.72. The summed E-state index contributed by atoms with van der Waals surface area (Å²) in [5.74, 6) is -0.0826. The SMILES string of the molecule is CCCCc1ccc(N(C)C(=O)c2csc(CCN)n2)cc1. The van der Waals surface area contributed by atoms with E-state index in [0.29, 0.717) is 18.7 Å². The maximum atomic E-state index is 12.5. The van der Waals surface area contributed by atoms with Crippen LogP contribution in [0.15, 0.2) is 29.6 Å². The highest BCUT2D eigenvalue weighted by molar-refractivity contribution is 7.09. The molecule has 0 bridgehead atoms. The van der Waals surface area contributed by atoms with Gasteiger partial charge in [0.1, 0.15) is 5.69 Å². The summed E-state index contributed by atoms with van der Waals surface area (Å²) in [4.78, 5) is 18.5. The number of hydrogen-bond donors (Lipinski definition) is 1. The predicted molar refractivity (Wildman–Crippen MR) is 92.7 cm³/mol. The molecule has 1 amide bonds. The molecule has 0 aliphatic carbocycles. The molecule has 0 unspecified atom stereocenters. The van der Waals surface area contributed by atoms with Gasteiger partial charge >= 0.3 is 0 Å². The molecule has 0 saturated carbocycles. The predicted octanol–water partition coefficient (Wildman–Crippen LogP) is 3.26. The van der Waals surface area contributed by atoms with E-state index in [9.17, 15) is 4.79 Å². The topological polar surface area (TPSA) is 59.2 Å². The summed E-state index contributed by atoms with van der Waals surface area (Å²) in [6, 6.07) is 8.18. The first-order chi connectivity index (χ1) is 10.7. The van der Waals surface area contributed by atoms with Gasteiger partial charge in [0.2, 0.25) is 0 Å². The number of unbranched alkanes of at least 4 members (excludes halogenated alkanes) is 1. The minimum Gasteiger partial charge on any atom is -0.330 e. The summed E-state index contributed by atoms with van der Waals surface area (Å²) in [7, 11) is 1.78. The van der Waals surface area contributed by atoms with Crippen LogP contribution in [0.4, 0.5) is 5.69 Å². The molecule has 0 aliphatic heterocycles. The fraction of sp³-hybridized carbons (Fsp3) is 0.412. The normalized spacial score (nSPS) is 10.7. The van der Waals surface area contributed by atoms with Gasteiger partial charge in [0.15, 0.2) is 0 Å². The van der Waals surface area contributed by atoms with Crippen molar-refractivity contribution in [3.8, 4) is 0 Å². The molecule has 1 heterocycles. The second-order valence-corrected chi connectivity index (χ2v) is 6.24. The Morgan fingerprint density at radius 1 is 1.27 bits per heavy atom. The number of aromatic nitrogens is 1. The molecule has 4 nitrogen and oxygen atoms in total. The second kappa shape index (κ2) is 8.06. The molecule has 22 heavy (non-hydrogen) atoms. The van der Waals surface area contributed by atoms with Crippen molar-refractivity contribution in [3.63, 3.8) is 0 Å². The summed E-state index contributed by atoms with van der Waals surface area (Å²) in [6.45, 7) is 2.74. The third-order valence-corrected chi connectivity index (χ3v) is 4.48. The maximum Gasteiger partial charge on any atom is 0.277 e. The molecule has 0 aliphatic rings. The lowest BCUT2D eigenvalue weighted by molar-refractivity contribution is 0.0989. The number of nitrogens with two attached hydrogens (primary N) is 1. The number of thiazole rings is 1. The first kappa shape index (κ1) is 16.6. The highest BCUT2D eigenvalue weighted by Crippen LogP contribution is 2.19. The zero-order valence-electron chi connectivity index (χ0n) is 13.2. The molecule has 1 aromatic carbocycles. The molecule has 0 atom stereocenters. The third-order valence-electron chi connectivity index (χ3n) is 3.58. The average Bonchev–Trinajstić information content (AvgIpc) is 3.01. The van der Waals surface area contributed by atoms with Crippen molar-refractivity contribution in [1.29, 1.82) is 0 Å². The standard InChI is InChI=1S/C17H23N3OS/c1-3-4-5-13-6-8-14(9-7-13)20(2)17(21)15-12-22-16(19-15)10-11-18/h6-9,12H,3-5,10-11,18H2,1-2H3. The molecule has 2 aromatic rings. The summed E-state index contributed by atoms with van der Waals surface area (Å²) < 4.78 is 0. The van der Waals surface area contributed by atoms with Crippen LogP contribution in [0.5, 0.6) is 0 Å². The monoisotopic (exact) mass is 317 g/mol. The first-order valence-electron chi connectivity index (χ1n) is 7.67. The van der Waals surface area contributed by atoms with Gasteiger partial charge in [-0.15, -0.1) is 11.3 Å². The minimum atomic E-state index is -0.0826. The molecule has 0 radical (unpaired) electrons. The van der Waals surface area contributed by atoms with Crippen molar-refractivity contribution in [2.75, 3.05) is 18.5 Å². The van der Waals surface area contributed by atoms with Crippen LogP contribution in [0.25, 0.3) is 0 Å². The van der Waals surface area contributed by atoms with E-state index in [1.54, 1.807) is 17.3 Å². The number of rotatable bonds is 7. The fourth-order valence-electron chi connectivity index (χ4n) is 2.20. The van der Waals surface area contributed by atoms with Gasteiger partial charge in [0.25, 0.3) is 5.91 Å². The molecule has 118 valence electrons. The van der Waals surface area contributed by atoms with Crippen LogP contribution in [0, 0.1) is 0 Å². The van der Waals surface area contributed by atoms with Gasteiger partial charge in [-0.05, 0) is 37.1 Å². The Balaban J connectivity index is 2.05. The van der Waals surface area contributed by atoms with E-state index in [-0.39, 0.29) is 5.91 Å². The van der Waals surface area contributed by atoms with Crippen LogP contribution >= 0.6 is 11.3 Å². The average molecular weight is 317 g/mol. The lowest BCUT2D eigenvalue weighted by Gasteiger charge is -2.16. The largest absolute Gasteiger partial charge is 0.330 e. The summed E-state index contributed by atoms with van der Waals surface area (Å²) in [5.41, 5.74) is 8.21. The quantitative estimate of drug-likeness (QED) is 0.852. The van der Waals surface area contributed by atoms with E-state index >= 15 is 0 Å². The Kier molecular flexibility index (Phi) is 6.10. The van der Waals surface area contributed by atoms with Crippen LogP contribution in [0.1, 0.15) is 40.8 Å². The molecule has 5 heteroatoms. The van der Waals surface area contributed by atoms with Crippen molar-refractivity contribution in [2.24, 2.45) is 5.73 Å². The maximum absolute atomic E-state index is 12.5. The van der Waals surface area contributed by atoms with Gasteiger partial charge in [-0.2, -0.15) is 0 Å². The Morgan fingerprint density at radius 3 is 2.64 bits per heavy atom. The summed E-state index contributed by atoms with van der Waals surface area (Å²) in [5, 5.41) is 2.72. The van der Waals surface area contributed by atoms with E-state index < -0.39 is 0 Å². The summed E-state index contributed by atoms with van der Waals surface area (Å²) in [6.07, 6.45) is 4.18. The first-order valence-corrected chi connectivity index (χ1v) is 8.55. The Bertz CT molecular complexity index is 607. The molecular formula is C17H23N3OS. The molecule has 2 N–H and O–H groups in total. The van der Waals surface area contributed by atoms with Gasteiger partial charge in [-0.1, -0.05) is 25.5 Å². The van der Waals surface area contributed by atoms with Gasteiger partial charge in [-0.3, -0.25) is 4.79 Å². The van der Waals surface area contributed by atoms with Crippen molar-refractivity contribution in [1.82, 2.24) is 4.98 Å². The lowest BCUT2D eigenvalue weighted by atomic mass is 10.1. The van der Waals surface area contributed by atoms with Crippen LogP contribution < -0.4 is 10.6 Å². The fourth-order valence-corrected chi connectivity index (χ4v) is 2.99. The Morgan fingerprint density at radius 2 is 2.00 bits per heavy atom.